The SMILES string of the molecule is Cc1ccc(CCn2c(=O)ccn([C@@H]3O[C@H](COP(=O)(O)OP(=O)(O)O)[C@H](O)[C@@H]3O)c2=O)cc1. The van der Waals surface area contributed by atoms with Gasteiger partial charge >= 0.3 is 21.3 Å². The van der Waals surface area contributed by atoms with E-state index >= 15 is 0 Å². The highest BCUT2D eigenvalue weighted by Crippen LogP contribution is 2.57. The molecule has 1 fully saturated rings. The molecule has 1 aromatic carbocycles. The molecule has 0 spiro atoms. The second kappa shape index (κ2) is 10.3. The zero-order valence-electron chi connectivity index (χ0n) is 17.8. The fourth-order valence-corrected chi connectivity index (χ4v) is 4.95. The summed E-state index contributed by atoms with van der Waals surface area (Å²) < 4.78 is 37.6. The third-order valence-corrected chi connectivity index (χ3v) is 7.21. The maximum atomic E-state index is 12.9. The molecule has 0 saturated carbocycles. The van der Waals surface area contributed by atoms with Gasteiger partial charge in [0.05, 0.1) is 6.61 Å². The normalized spacial score (nSPS) is 24.8. The lowest BCUT2D eigenvalue weighted by Gasteiger charge is -2.19. The number of phosphoric acid groups is 2. The second-order valence-corrected chi connectivity index (χ2v) is 10.4. The second-order valence-electron chi connectivity index (χ2n) is 7.61. The minimum absolute atomic E-state index is 0.0346. The molecule has 5 N–H and O–H groups in total. The number of aryl methyl sites for hydroxylation is 2. The van der Waals surface area contributed by atoms with Gasteiger partial charge in [-0.25, -0.2) is 13.9 Å². The van der Waals surface area contributed by atoms with Crippen LogP contribution in [0, 0.1) is 6.92 Å². The molecule has 16 heteroatoms. The van der Waals surface area contributed by atoms with Gasteiger partial charge in [-0.1, -0.05) is 29.8 Å². The Balaban J connectivity index is 1.75. The first-order valence-electron chi connectivity index (χ1n) is 9.91. The van der Waals surface area contributed by atoms with E-state index in [4.69, 9.17) is 14.5 Å². The van der Waals surface area contributed by atoms with Gasteiger partial charge in [0, 0.05) is 18.8 Å². The number of nitrogens with zero attached hydrogens (tertiary/aromatic N) is 2. The molecule has 2 aromatic rings. The molecule has 0 bridgehead atoms. The smallest absolute Gasteiger partial charge is 0.387 e. The van der Waals surface area contributed by atoms with Crippen molar-refractivity contribution < 1.29 is 47.6 Å². The van der Waals surface area contributed by atoms with Crippen LogP contribution in [0.4, 0.5) is 0 Å². The minimum Gasteiger partial charge on any atom is -0.387 e. The molecule has 0 aliphatic carbocycles. The van der Waals surface area contributed by atoms with Crippen molar-refractivity contribution in [3.8, 4) is 0 Å². The predicted octanol–water partition coefficient (Wildman–Crippen LogP) is -0.593. The largest absolute Gasteiger partial charge is 0.481 e. The molecule has 188 valence electrons. The minimum atomic E-state index is -5.35. The molecule has 0 amide bonds. The Morgan fingerprint density at radius 2 is 1.68 bits per heavy atom. The zero-order valence-corrected chi connectivity index (χ0v) is 19.6. The summed E-state index contributed by atoms with van der Waals surface area (Å²) in [4.78, 5) is 51.8. The summed E-state index contributed by atoms with van der Waals surface area (Å²) in [5.74, 6) is 0. The van der Waals surface area contributed by atoms with Crippen LogP contribution in [0.25, 0.3) is 0 Å². The van der Waals surface area contributed by atoms with Crippen LogP contribution in [-0.4, -0.2) is 58.9 Å². The fourth-order valence-electron chi connectivity index (χ4n) is 3.35. The standard InChI is InChI=1S/C18H24N2O12P2/c1-11-2-4-12(5-3-11)6-8-19-14(21)7-9-20(18(19)24)17-16(23)15(22)13(31-17)10-30-34(28,29)32-33(25,26)27/h2-5,7,9,13,15-17,22-23H,6,8,10H2,1H3,(H,28,29)(H2,25,26,27)/t13-,15+,16+,17-/m1/s1. The van der Waals surface area contributed by atoms with Gasteiger partial charge in [0.15, 0.2) is 6.23 Å². The lowest BCUT2D eigenvalue weighted by Crippen LogP contribution is -2.43. The van der Waals surface area contributed by atoms with Crippen molar-refractivity contribution in [3.63, 3.8) is 0 Å². The van der Waals surface area contributed by atoms with Gasteiger partial charge in [-0.15, -0.1) is 0 Å². The molecule has 1 unspecified atom stereocenters. The highest BCUT2D eigenvalue weighted by molar-refractivity contribution is 7.60. The van der Waals surface area contributed by atoms with Gasteiger partial charge < -0.3 is 29.6 Å². The molecule has 0 radical (unpaired) electrons. The molecule has 3 rings (SSSR count). The number of ether oxygens (including phenoxy) is 1. The summed E-state index contributed by atoms with van der Waals surface area (Å²) in [5.41, 5.74) is 0.536. The van der Waals surface area contributed by atoms with Crippen LogP contribution in [0.3, 0.4) is 0 Å². The first kappa shape index (κ1) is 26.6. The van der Waals surface area contributed by atoms with E-state index < -0.39 is 58.0 Å². The van der Waals surface area contributed by atoms with Crippen molar-refractivity contribution in [2.45, 2.75) is 44.4 Å². The lowest BCUT2D eigenvalue weighted by atomic mass is 10.1. The van der Waals surface area contributed by atoms with E-state index in [0.29, 0.717) is 6.42 Å². The highest BCUT2D eigenvalue weighted by atomic mass is 31.3. The van der Waals surface area contributed by atoms with Crippen LogP contribution < -0.4 is 11.2 Å². The molecule has 2 heterocycles. The van der Waals surface area contributed by atoms with Crippen LogP contribution in [0.15, 0.2) is 46.1 Å². The summed E-state index contributed by atoms with van der Waals surface area (Å²) in [6, 6.07) is 8.60. The Morgan fingerprint density at radius 1 is 1.03 bits per heavy atom. The average molecular weight is 522 g/mol. The van der Waals surface area contributed by atoms with Gasteiger partial charge in [0.25, 0.3) is 5.56 Å². The first-order valence-corrected chi connectivity index (χ1v) is 12.9. The molecular weight excluding hydrogens is 498 g/mol. The maximum absolute atomic E-state index is 12.9. The van der Waals surface area contributed by atoms with Gasteiger partial charge in [-0.2, -0.15) is 4.31 Å². The van der Waals surface area contributed by atoms with Crippen molar-refractivity contribution >= 4 is 15.6 Å². The van der Waals surface area contributed by atoms with Crippen molar-refractivity contribution in [3.05, 3.63) is 68.5 Å². The van der Waals surface area contributed by atoms with E-state index in [9.17, 15) is 33.8 Å². The maximum Gasteiger partial charge on any atom is 0.481 e. The van der Waals surface area contributed by atoms with E-state index in [0.717, 1.165) is 32.5 Å². The van der Waals surface area contributed by atoms with E-state index in [1.165, 1.54) is 0 Å². The highest BCUT2D eigenvalue weighted by Gasteiger charge is 2.45. The molecule has 34 heavy (non-hydrogen) atoms. The fraction of sp³-hybridized carbons (Fsp3) is 0.444. The Labute approximate surface area is 192 Å². The van der Waals surface area contributed by atoms with Gasteiger partial charge in [-0.3, -0.25) is 18.5 Å². The number of rotatable bonds is 9. The number of benzene rings is 1. The molecule has 5 atom stereocenters. The molecule has 1 aliphatic heterocycles. The van der Waals surface area contributed by atoms with Gasteiger partial charge in [-0.05, 0) is 18.9 Å². The van der Waals surface area contributed by atoms with Crippen LogP contribution >= 0.6 is 15.6 Å². The Bertz CT molecular complexity index is 1220. The van der Waals surface area contributed by atoms with Crippen LogP contribution in [0.2, 0.25) is 0 Å². The quantitative estimate of drug-likeness (QED) is 0.262. The number of aliphatic hydroxyl groups excluding tert-OH is 2. The van der Waals surface area contributed by atoms with Crippen LogP contribution in [-0.2, 0) is 35.7 Å². The predicted molar refractivity (Wildman–Crippen MR) is 115 cm³/mol. The van der Waals surface area contributed by atoms with Crippen LogP contribution in [0.5, 0.6) is 0 Å². The summed E-state index contributed by atoms with van der Waals surface area (Å²) in [6.45, 7) is 1.05. The molecule has 1 saturated heterocycles. The lowest BCUT2D eigenvalue weighted by molar-refractivity contribution is -0.0548. The van der Waals surface area contributed by atoms with Crippen molar-refractivity contribution in [1.82, 2.24) is 9.13 Å². The van der Waals surface area contributed by atoms with Gasteiger partial charge in [0.1, 0.15) is 18.3 Å². The summed E-state index contributed by atoms with van der Waals surface area (Å²) in [5, 5.41) is 20.6. The van der Waals surface area contributed by atoms with E-state index in [2.05, 4.69) is 8.83 Å². The molecular formula is C18H24N2O12P2. The number of hydrogen-bond donors (Lipinski definition) is 5. The first-order chi connectivity index (χ1) is 15.8. The molecule has 1 aliphatic rings. The van der Waals surface area contributed by atoms with Crippen molar-refractivity contribution in [2.75, 3.05) is 6.61 Å². The van der Waals surface area contributed by atoms with Crippen molar-refractivity contribution in [2.24, 2.45) is 0 Å². The topological polar surface area (TPSA) is 207 Å². The molecule has 14 nitrogen and oxygen atoms in total. The molecule has 1 aromatic heterocycles. The van der Waals surface area contributed by atoms with Gasteiger partial charge in [0.2, 0.25) is 0 Å². The average Bonchev–Trinajstić information content (AvgIpc) is 3.00. The van der Waals surface area contributed by atoms with Crippen molar-refractivity contribution in [1.29, 1.82) is 0 Å². The Hall–Kier alpha value is -1.96. The Morgan fingerprint density at radius 3 is 2.29 bits per heavy atom. The summed E-state index contributed by atoms with van der Waals surface area (Å²) >= 11 is 0. The van der Waals surface area contributed by atoms with E-state index in [1.807, 2.05) is 31.2 Å². The zero-order chi connectivity index (χ0) is 25.3. The number of phosphoric ester groups is 1. The third-order valence-electron chi connectivity index (χ3n) is 5.06. The number of aliphatic hydroxyl groups is 2. The van der Waals surface area contributed by atoms with E-state index in [1.54, 1.807) is 0 Å². The van der Waals surface area contributed by atoms with E-state index in [-0.39, 0.29) is 6.54 Å². The number of aromatic nitrogens is 2. The Kier molecular flexibility index (Phi) is 8.10. The third kappa shape index (κ3) is 6.58. The monoisotopic (exact) mass is 522 g/mol. The van der Waals surface area contributed by atoms with Crippen LogP contribution in [0.1, 0.15) is 17.4 Å². The summed E-state index contributed by atoms with van der Waals surface area (Å²) in [7, 11) is -10.6. The number of hydrogen-bond acceptors (Lipinski definition) is 9. The summed E-state index contributed by atoms with van der Waals surface area (Å²) in [6.07, 6.45) is -4.92.